The van der Waals surface area contributed by atoms with E-state index in [2.05, 4.69) is 17.6 Å². The Morgan fingerprint density at radius 3 is 2.88 bits per heavy atom. The molecule has 3 heteroatoms. The summed E-state index contributed by atoms with van der Waals surface area (Å²) in [7, 11) is 0. The van der Waals surface area contributed by atoms with E-state index < -0.39 is 0 Å². The van der Waals surface area contributed by atoms with Gasteiger partial charge in [-0.25, -0.2) is 0 Å². The third-order valence-corrected chi connectivity index (χ3v) is 3.53. The van der Waals surface area contributed by atoms with Crippen LogP contribution in [0.25, 0.3) is 0 Å². The van der Waals surface area contributed by atoms with Crippen molar-refractivity contribution < 1.29 is 4.79 Å². The summed E-state index contributed by atoms with van der Waals surface area (Å²) >= 11 is 0. The van der Waals surface area contributed by atoms with Gasteiger partial charge in [-0.3, -0.25) is 4.79 Å². The molecule has 3 nitrogen and oxygen atoms in total. The van der Waals surface area contributed by atoms with Crippen LogP contribution in [0.1, 0.15) is 29.3 Å². The fourth-order valence-electron chi connectivity index (χ4n) is 2.26. The first kappa shape index (κ1) is 12.1. The van der Waals surface area contributed by atoms with Crippen LogP contribution in [-0.2, 0) is 0 Å². The minimum atomic E-state index is 0.0450. The van der Waals surface area contributed by atoms with Gasteiger partial charge >= 0.3 is 0 Å². The predicted octanol–water partition coefficient (Wildman–Crippen LogP) is 1.72. The Morgan fingerprint density at radius 1 is 1.41 bits per heavy atom. The number of carbonyl (C=O) groups is 1. The van der Waals surface area contributed by atoms with Crippen LogP contribution < -0.4 is 10.6 Å². The van der Waals surface area contributed by atoms with Crippen molar-refractivity contribution in [3.8, 4) is 0 Å². The van der Waals surface area contributed by atoms with Crippen LogP contribution in [0.3, 0.4) is 0 Å². The molecule has 1 saturated heterocycles. The molecule has 1 amide bonds. The second-order valence-corrected chi connectivity index (χ2v) is 4.86. The predicted molar refractivity (Wildman–Crippen MR) is 69.1 cm³/mol. The topological polar surface area (TPSA) is 41.1 Å². The summed E-state index contributed by atoms with van der Waals surface area (Å²) in [6.45, 7) is 6.10. The minimum Gasteiger partial charge on any atom is -0.348 e. The zero-order chi connectivity index (χ0) is 12.3. The summed E-state index contributed by atoms with van der Waals surface area (Å²) < 4.78 is 0. The van der Waals surface area contributed by atoms with Crippen LogP contribution in [0.2, 0.25) is 0 Å². The third-order valence-electron chi connectivity index (χ3n) is 3.53. The summed E-state index contributed by atoms with van der Waals surface area (Å²) in [5.74, 6) is 0.591. The van der Waals surface area contributed by atoms with E-state index in [-0.39, 0.29) is 11.9 Å². The van der Waals surface area contributed by atoms with Gasteiger partial charge in [-0.15, -0.1) is 0 Å². The van der Waals surface area contributed by atoms with Gasteiger partial charge < -0.3 is 10.6 Å². The molecule has 2 atom stereocenters. The SMILES string of the molecule is Cc1ccccc1C(=O)N[C@H]1CNCC[C@@H]1C. The highest BCUT2D eigenvalue weighted by Crippen LogP contribution is 2.13. The largest absolute Gasteiger partial charge is 0.348 e. The van der Waals surface area contributed by atoms with Crippen LogP contribution in [-0.4, -0.2) is 25.0 Å². The van der Waals surface area contributed by atoms with Crippen molar-refractivity contribution in [2.24, 2.45) is 5.92 Å². The Bertz CT molecular complexity index is 403. The molecule has 1 aromatic carbocycles. The van der Waals surface area contributed by atoms with Gasteiger partial charge in [-0.05, 0) is 37.4 Å². The van der Waals surface area contributed by atoms with Gasteiger partial charge in [-0.1, -0.05) is 25.1 Å². The van der Waals surface area contributed by atoms with Crippen LogP contribution in [0, 0.1) is 12.8 Å². The summed E-state index contributed by atoms with van der Waals surface area (Å²) in [5.41, 5.74) is 1.81. The van der Waals surface area contributed by atoms with E-state index >= 15 is 0 Å². The number of nitrogens with one attached hydrogen (secondary N) is 2. The van der Waals surface area contributed by atoms with E-state index in [9.17, 15) is 4.79 Å². The second-order valence-electron chi connectivity index (χ2n) is 4.86. The zero-order valence-electron chi connectivity index (χ0n) is 10.5. The quantitative estimate of drug-likeness (QED) is 0.815. The molecule has 0 aliphatic carbocycles. The molecular weight excluding hydrogens is 212 g/mol. The zero-order valence-corrected chi connectivity index (χ0v) is 10.5. The van der Waals surface area contributed by atoms with Crippen molar-refractivity contribution in [2.45, 2.75) is 26.3 Å². The molecule has 1 fully saturated rings. The number of benzene rings is 1. The van der Waals surface area contributed by atoms with Gasteiger partial charge in [0.05, 0.1) is 0 Å². The lowest BCUT2D eigenvalue weighted by Gasteiger charge is -2.30. The standard InChI is InChI=1S/C14H20N2O/c1-10-5-3-4-6-12(10)14(17)16-13-9-15-8-7-11(13)2/h3-6,11,13,15H,7-9H2,1-2H3,(H,16,17)/t11-,13-/m0/s1. The van der Waals surface area contributed by atoms with Gasteiger partial charge in [0.1, 0.15) is 0 Å². The van der Waals surface area contributed by atoms with Gasteiger partial charge in [0.15, 0.2) is 0 Å². The molecule has 0 bridgehead atoms. The smallest absolute Gasteiger partial charge is 0.251 e. The molecule has 1 aliphatic heterocycles. The Morgan fingerprint density at radius 2 is 2.18 bits per heavy atom. The fraction of sp³-hybridized carbons (Fsp3) is 0.500. The summed E-state index contributed by atoms with van der Waals surface area (Å²) in [5, 5.41) is 6.45. The highest BCUT2D eigenvalue weighted by Gasteiger charge is 2.23. The molecule has 1 aliphatic rings. The highest BCUT2D eigenvalue weighted by atomic mass is 16.1. The number of hydrogen-bond donors (Lipinski definition) is 2. The molecular formula is C14H20N2O. The Balaban J connectivity index is 2.04. The lowest BCUT2D eigenvalue weighted by Crippen LogP contribution is -2.50. The number of piperidine rings is 1. The van der Waals surface area contributed by atoms with E-state index in [4.69, 9.17) is 0 Å². The van der Waals surface area contributed by atoms with Crippen molar-refractivity contribution in [2.75, 3.05) is 13.1 Å². The van der Waals surface area contributed by atoms with E-state index in [1.54, 1.807) is 0 Å². The molecule has 0 radical (unpaired) electrons. The molecule has 0 spiro atoms. The fourth-order valence-corrected chi connectivity index (χ4v) is 2.26. The second kappa shape index (κ2) is 5.32. The summed E-state index contributed by atoms with van der Waals surface area (Å²) in [6.07, 6.45) is 1.12. The maximum atomic E-state index is 12.1. The van der Waals surface area contributed by atoms with E-state index in [1.807, 2.05) is 31.2 Å². The van der Waals surface area contributed by atoms with Crippen LogP contribution in [0.4, 0.5) is 0 Å². The van der Waals surface area contributed by atoms with E-state index in [0.29, 0.717) is 5.92 Å². The van der Waals surface area contributed by atoms with Crippen LogP contribution in [0.15, 0.2) is 24.3 Å². The van der Waals surface area contributed by atoms with Gasteiger partial charge in [-0.2, -0.15) is 0 Å². The van der Waals surface area contributed by atoms with Crippen LogP contribution in [0.5, 0.6) is 0 Å². The monoisotopic (exact) mass is 232 g/mol. The van der Waals surface area contributed by atoms with Crippen molar-refractivity contribution in [1.29, 1.82) is 0 Å². The minimum absolute atomic E-state index is 0.0450. The first-order valence-corrected chi connectivity index (χ1v) is 6.25. The number of hydrogen-bond acceptors (Lipinski definition) is 2. The number of rotatable bonds is 2. The first-order chi connectivity index (χ1) is 8.18. The van der Waals surface area contributed by atoms with Crippen molar-refractivity contribution in [3.05, 3.63) is 35.4 Å². The van der Waals surface area contributed by atoms with Gasteiger partial charge in [0, 0.05) is 18.2 Å². The molecule has 92 valence electrons. The molecule has 2 rings (SSSR count). The number of aryl methyl sites for hydroxylation is 1. The van der Waals surface area contributed by atoms with E-state index in [1.165, 1.54) is 0 Å². The van der Waals surface area contributed by atoms with Gasteiger partial charge in [0.25, 0.3) is 5.91 Å². The van der Waals surface area contributed by atoms with E-state index in [0.717, 1.165) is 30.6 Å². The van der Waals surface area contributed by atoms with Gasteiger partial charge in [0.2, 0.25) is 0 Å². The lowest BCUT2D eigenvalue weighted by atomic mass is 9.94. The third kappa shape index (κ3) is 2.86. The molecule has 1 heterocycles. The summed E-state index contributed by atoms with van der Waals surface area (Å²) in [6, 6.07) is 7.96. The average molecular weight is 232 g/mol. The summed E-state index contributed by atoms with van der Waals surface area (Å²) in [4.78, 5) is 12.1. The van der Waals surface area contributed by atoms with Crippen molar-refractivity contribution in [1.82, 2.24) is 10.6 Å². The Hall–Kier alpha value is -1.35. The highest BCUT2D eigenvalue weighted by molar-refractivity contribution is 5.95. The maximum Gasteiger partial charge on any atom is 0.251 e. The number of amides is 1. The van der Waals surface area contributed by atoms with Crippen molar-refractivity contribution in [3.63, 3.8) is 0 Å². The molecule has 0 unspecified atom stereocenters. The molecule has 0 saturated carbocycles. The molecule has 0 aromatic heterocycles. The molecule has 1 aromatic rings. The maximum absolute atomic E-state index is 12.1. The van der Waals surface area contributed by atoms with Crippen LogP contribution >= 0.6 is 0 Å². The normalized spacial score (nSPS) is 24.4. The Labute approximate surface area is 103 Å². The molecule has 2 N–H and O–H groups in total. The van der Waals surface area contributed by atoms with Crippen molar-refractivity contribution >= 4 is 5.91 Å². The molecule has 17 heavy (non-hydrogen) atoms. The lowest BCUT2D eigenvalue weighted by molar-refractivity contribution is 0.0914. The Kier molecular flexibility index (Phi) is 3.79. The average Bonchev–Trinajstić information content (AvgIpc) is 2.32. The number of carbonyl (C=O) groups excluding carboxylic acids is 1. The first-order valence-electron chi connectivity index (χ1n) is 6.25.